The highest BCUT2D eigenvalue weighted by Gasteiger charge is 2.17. The normalized spacial score (nSPS) is 17.1. The Hall–Kier alpha value is -1.80. The Morgan fingerprint density at radius 2 is 1.60 bits per heavy atom. The molecule has 0 atom stereocenters. The molecule has 0 unspecified atom stereocenters. The minimum absolute atomic E-state index is 0.359. The predicted molar refractivity (Wildman–Crippen MR) is 83.0 cm³/mol. The van der Waals surface area contributed by atoms with Crippen LogP contribution < -0.4 is 4.74 Å². The first-order chi connectivity index (χ1) is 9.81. The molecule has 2 heteroatoms. The van der Waals surface area contributed by atoms with Gasteiger partial charge in [-0.3, -0.25) is 0 Å². The molecule has 0 aromatic heterocycles. The Morgan fingerprint density at radius 3 is 2.35 bits per heavy atom. The van der Waals surface area contributed by atoms with Gasteiger partial charge in [-0.05, 0) is 43.1 Å². The third-order valence-corrected chi connectivity index (χ3v) is 3.91. The zero-order chi connectivity index (χ0) is 13.8. The summed E-state index contributed by atoms with van der Waals surface area (Å²) >= 11 is 0. The third-order valence-electron chi connectivity index (χ3n) is 3.91. The molecular formula is C18H21NO. The predicted octanol–water partition coefficient (Wildman–Crippen LogP) is 3.83. The van der Waals surface area contributed by atoms with E-state index in [1.54, 1.807) is 0 Å². The number of nitrogens with zero attached hydrogens (tertiary/aromatic N) is 1. The van der Waals surface area contributed by atoms with Crippen molar-refractivity contribution >= 4 is 0 Å². The molecule has 0 saturated carbocycles. The minimum Gasteiger partial charge on any atom is -0.490 e. The van der Waals surface area contributed by atoms with Gasteiger partial charge in [0, 0.05) is 13.1 Å². The van der Waals surface area contributed by atoms with Gasteiger partial charge in [-0.2, -0.15) is 0 Å². The molecule has 0 radical (unpaired) electrons. The van der Waals surface area contributed by atoms with Crippen LogP contribution in [0.15, 0.2) is 54.6 Å². The number of hydrogen-bond acceptors (Lipinski definition) is 2. The summed E-state index contributed by atoms with van der Waals surface area (Å²) in [6.45, 7) is 2.26. The van der Waals surface area contributed by atoms with E-state index in [2.05, 4.69) is 60.5 Å². The van der Waals surface area contributed by atoms with Crippen LogP contribution in [-0.4, -0.2) is 31.1 Å². The SMILES string of the molecule is CN1CCC(Oc2cccc(-c3ccccc3)c2)CC1. The number of benzene rings is 2. The highest BCUT2D eigenvalue weighted by Crippen LogP contribution is 2.25. The van der Waals surface area contributed by atoms with Gasteiger partial charge in [-0.25, -0.2) is 0 Å². The smallest absolute Gasteiger partial charge is 0.120 e. The average molecular weight is 267 g/mol. The Balaban J connectivity index is 1.72. The van der Waals surface area contributed by atoms with Gasteiger partial charge >= 0.3 is 0 Å². The monoisotopic (exact) mass is 267 g/mol. The standard InChI is InChI=1S/C18H21NO/c1-19-12-10-17(11-13-19)20-18-9-5-8-16(14-18)15-6-3-2-4-7-15/h2-9,14,17H,10-13H2,1H3. The number of hydrogen-bond donors (Lipinski definition) is 0. The zero-order valence-corrected chi connectivity index (χ0v) is 12.0. The molecule has 3 rings (SSSR count). The molecule has 1 aliphatic heterocycles. The van der Waals surface area contributed by atoms with Gasteiger partial charge < -0.3 is 9.64 Å². The van der Waals surface area contributed by atoms with Crippen LogP contribution in [0.3, 0.4) is 0 Å². The van der Waals surface area contributed by atoms with E-state index in [0.29, 0.717) is 6.10 Å². The summed E-state index contributed by atoms with van der Waals surface area (Å²) in [6, 6.07) is 18.9. The van der Waals surface area contributed by atoms with Crippen molar-refractivity contribution in [1.29, 1.82) is 0 Å². The van der Waals surface area contributed by atoms with Crippen LogP contribution in [0, 0.1) is 0 Å². The molecule has 20 heavy (non-hydrogen) atoms. The van der Waals surface area contributed by atoms with Gasteiger partial charge in [0.2, 0.25) is 0 Å². The number of likely N-dealkylation sites (tertiary alicyclic amines) is 1. The molecule has 1 fully saturated rings. The first-order valence-corrected chi connectivity index (χ1v) is 7.32. The van der Waals surface area contributed by atoms with Crippen LogP contribution >= 0.6 is 0 Å². The Bertz CT molecular complexity index is 544. The molecule has 0 bridgehead atoms. The summed E-state index contributed by atoms with van der Waals surface area (Å²) in [4.78, 5) is 2.36. The summed E-state index contributed by atoms with van der Waals surface area (Å²) in [7, 11) is 2.17. The van der Waals surface area contributed by atoms with E-state index in [1.165, 1.54) is 11.1 Å². The van der Waals surface area contributed by atoms with Crippen molar-refractivity contribution in [1.82, 2.24) is 4.90 Å². The molecule has 0 N–H and O–H groups in total. The van der Waals surface area contributed by atoms with E-state index in [9.17, 15) is 0 Å². The van der Waals surface area contributed by atoms with Crippen molar-refractivity contribution in [2.75, 3.05) is 20.1 Å². The Morgan fingerprint density at radius 1 is 0.900 bits per heavy atom. The van der Waals surface area contributed by atoms with Gasteiger partial charge in [0.1, 0.15) is 11.9 Å². The lowest BCUT2D eigenvalue weighted by Crippen LogP contribution is -2.35. The lowest BCUT2D eigenvalue weighted by molar-refractivity contribution is 0.114. The molecule has 0 amide bonds. The van der Waals surface area contributed by atoms with Crippen LogP contribution in [-0.2, 0) is 0 Å². The zero-order valence-electron chi connectivity index (χ0n) is 12.0. The maximum absolute atomic E-state index is 6.14. The minimum atomic E-state index is 0.359. The molecule has 104 valence electrons. The van der Waals surface area contributed by atoms with E-state index in [0.717, 1.165) is 31.7 Å². The quantitative estimate of drug-likeness (QED) is 0.838. The maximum Gasteiger partial charge on any atom is 0.120 e. The van der Waals surface area contributed by atoms with Crippen molar-refractivity contribution in [2.45, 2.75) is 18.9 Å². The van der Waals surface area contributed by atoms with Crippen molar-refractivity contribution in [3.05, 3.63) is 54.6 Å². The van der Waals surface area contributed by atoms with Gasteiger partial charge in [-0.15, -0.1) is 0 Å². The van der Waals surface area contributed by atoms with Crippen LogP contribution in [0.4, 0.5) is 0 Å². The highest BCUT2D eigenvalue weighted by atomic mass is 16.5. The summed E-state index contributed by atoms with van der Waals surface area (Å²) in [5.74, 6) is 0.987. The number of ether oxygens (including phenoxy) is 1. The van der Waals surface area contributed by atoms with Crippen molar-refractivity contribution in [2.24, 2.45) is 0 Å². The molecule has 0 spiro atoms. The van der Waals surface area contributed by atoms with Crippen LogP contribution in [0.1, 0.15) is 12.8 Å². The van der Waals surface area contributed by atoms with Crippen LogP contribution in [0.5, 0.6) is 5.75 Å². The third kappa shape index (κ3) is 3.20. The van der Waals surface area contributed by atoms with E-state index in [-0.39, 0.29) is 0 Å². The second-order valence-corrected chi connectivity index (χ2v) is 5.51. The van der Waals surface area contributed by atoms with Gasteiger partial charge in [0.15, 0.2) is 0 Å². The molecule has 1 saturated heterocycles. The Kier molecular flexibility index (Phi) is 4.03. The molecule has 2 aromatic carbocycles. The molecular weight excluding hydrogens is 246 g/mol. The highest BCUT2D eigenvalue weighted by molar-refractivity contribution is 5.64. The lowest BCUT2D eigenvalue weighted by Gasteiger charge is -2.29. The number of piperidine rings is 1. The van der Waals surface area contributed by atoms with Gasteiger partial charge in [-0.1, -0.05) is 42.5 Å². The van der Waals surface area contributed by atoms with Crippen molar-refractivity contribution in [3.8, 4) is 16.9 Å². The van der Waals surface area contributed by atoms with Crippen molar-refractivity contribution < 1.29 is 4.74 Å². The topological polar surface area (TPSA) is 12.5 Å². The Labute approximate surface area is 121 Å². The fourth-order valence-corrected chi connectivity index (χ4v) is 2.67. The summed E-state index contributed by atoms with van der Waals surface area (Å²) in [5, 5.41) is 0. The molecule has 2 nitrogen and oxygen atoms in total. The molecule has 1 aliphatic rings. The first kappa shape index (κ1) is 13.2. The van der Waals surface area contributed by atoms with Gasteiger partial charge in [0.05, 0.1) is 0 Å². The second kappa shape index (κ2) is 6.10. The van der Waals surface area contributed by atoms with Crippen molar-refractivity contribution in [3.63, 3.8) is 0 Å². The van der Waals surface area contributed by atoms with Crippen LogP contribution in [0.2, 0.25) is 0 Å². The van der Waals surface area contributed by atoms with E-state index < -0.39 is 0 Å². The summed E-state index contributed by atoms with van der Waals surface area (Å²) in [6.07, 6.45) is 2.59. The number of rotatable bonds is 3. The fourth-order valence-electron chi connectivity index (χ4n) is 2.67. The maximum atomic E-state index is 6.14. The fraction of sp³-hybridized carbons (Fsp3) is 0.333. The largest absolute Gasteiger partial charge is 0.490 e. The van der Waals surface area contributed by atoms with E-state index >= 15 is 0 Å². The first-order valence-electron chi connectivity index (χ1n) is 7.32. The summed E-state index contributed by atoms with van der Waals surface area (Å²) in [5.41, 5.74) is 2.46. The van der Waals surface area contributed by atoms with E-state index in [4.69, 9.17) is 4.74 Å². The van der Waals surface area contributed by atoms with Gasteiger partial charge in [0.25, 0.3) is 0 Å². The lowest BCUT2D eigenvalue weighted by atomic mass is 10.1. The van der Waals surface area contributed by atoms with Crippen LogP contribution in [0.25, 0.3) is 11.1 Å². The summed E-state index contributed by atoms with van der Waals surface area (Å²) < 4.78 is 6.14. The molecule has 1 heterocycles. The second-order valence-electron chi connectivity index (χ2n) is 5.51. The average Bonchev–Trinajstić information content (AvgIpc) is 2.51. The molecule has 2 aromatic rings. The molecule has 0 aliphatic carbocycles. The van der Waals surface area contributed by atoms with E-state index in [1.807, 2.05) is 6.07 Å².